The molecule has 0 spiro atoms. The second kappa shape index (κ2) is 11.0. The number of amides is 1. The Hall–Kier alpha value is -3.96. The minimum atomic E-state index is 0.107. The van der Waals surface area contributed by atoms with Crippen LogP contribution < -0.4 is 9.80 Å². The van der Waals surface area contributed by atoms with Crippen molar-refractivity contribution in [1.29, 1.82) is 5.26 Å². The lowest BCUT2D eigenvalue weighted by Gasteiger charge is -2.37. The van der Waals surface area contributed by atoms with Crippen molar-refractivity contribution in [2.75, 3.05) is 62.2 Å². The molecule has 5 rings (SSSR count). The number of hydrogen-bond acceptors (Lipinski definition) is 7. The maximum atomic E-state index is 13.5. The minimum absolute atomic E-state index is 0.107. The first-order chi connectivity index (χ1) is 18.0. The van der Waals surface area contributed by atoms with Crippen LogP contribution in [0.4, 0.5) is 11.5 Å². The van der Waals surface area contributed by atoms with Crippen molar-refractivity contribution in [3.8, 4) is 6.07 Å². The highest BCUT2D eigenvalue weighted by Gasteiger charge is 2.26. The summed E-state index contributed by atoms with van der Waals surface area (Å²) in [5, 5.41) is 17.6. The van der Waals surface area contributed by atoms with Crippen LogP contribution in [0.25, 0.3) is 0 Å². The topological polar surface area (TPSA) is 79.6 Å². The molecule has 3 aromatic rings. The van der Waals surface area contributed by atoms with Gasteiger partial charge in [0.05, 0.1) is 11.3 Å². The van der Waals surface area contributed by atoms with Gasteiger partial charge < -0.3 is 14.7 Å². The lowest BCUT2D eigenvalue weighted by Crippen LogP contribution is -2.49. The van der Waals surface area contributed by atoms with E-state index in [4.69, 9.17) is 0 Å². The highest BCUT2D eigenvalue weighted by molar-refractivity contribution is 5.96. The molecule has 190 valence electrons. The fraction of sp³-hybridized carbons (Fsp3) is 0.379. The fourth-order valence-corrected chi connectivity index (χ4v) is 5.35. The molecule has 3 heterocycles. The van der Waals surface area contributed by atoms with Crippen LogP contribution in [0.15, 0.2) is 54.7 Å². The second-order valence-electron chi connectivity index (χ2n) is 9.79. The number of para-hydroxylation sites is 1. The quantitative estimate of drug-likeness (QED) is 0.538. The predicted octanol–water partition coefficient (Wildman–Crippen LogP) is 3.25. The Labute approximate surface area is 218 Å². The number of piperazine rings is 2. The van der Waals surface area contributed by atoms with E-state index in [-0.39, 0.29) is 5.91 Å². The molecular formula is C29H33N7O. The first kappa shape index (κ1) is 24.7. The summed E-state index contributed by atoms with van der Waals surface area (Å²) in [6.07, 6.45) is 1.68. The maximum Gasteiger partial charge on any atom is 0.254 e. The van der Waals surface area contributed by atoms with Crippen molar-refractivity contribution in [1.82, 2.24) is 20.0 Å². The van der Waals surface area contributed by atoms with Gasteiger partial charge in [0.15, 0.2) is 5.82 Å². The summed E-state index contributed by atoms with van der Waals surface area (Å²) in [7, 11) is 0. The van der Waals surface area contributed by atoms with Crippen LogP contribution in [0.2, 0.25) is 0 Å². The number of hydrogen-bond donors (Lipinski definition) is 0. The minimum Gasteiger partial charge on any atom is -0.368 e. The Bertz CT molecular complexity index is 1290. The zero-order chi connectivity index (χ0) is 25.8. The van der Waals surface area contributed by atoms with E-state index in [0.717, 1.165) is 74.0 Å². The van der Waals surface area contributed by atoms with Crippen LogP contribution in [-0.2, 0) is 6.54 Å². The third-order valence-electron chi connectivity index (χ3n) is 7.63. The number of rotatable bonds is 5. The number of aryl methyl sites for hydroxylation is 1. The van der Waals surface area contributed by atoms with Crippen LogP contribution in [0.3, 0.4) is 0 Å². The van der Waals surface area contributed by atoms with Crippen LogP contribution in [0.5, 0.6) is 0 Å². The summed E-state index contributed by atoms with van der Waals surface area (Å²) in [6.45, 7) is 11.5. The average Bonchev–Trinajstić information content (AvgIpc) is 2.96. The van der Waals surface area contributed by atoms with E-state index < -0.39 is 0 Å². The molecule has 8 nitrogen and oxygen atoms in total. The van der Waals surface area contributed by atoms with Gasteiger partial charge >= 0.3 is 0 Å². The second-order valence-corrected chi connectivity index (χ2v) is 9.79. The third kappa shape index (κ3) is 5.27. The summed E-state index contributed by atoms with van der Waals surface area (Å²) in [5.74, 6) is 0.968. The predicted molar refractivity (Wildman–Crippen MR) is 145 cm³/mol. The van der Waals surface area contributed by atoms with Crippen LogP contribution >= 0.6 is 0 Å². The molecular weight excluding hydrogens is 462 g/mol. The SMILES string of the molecule is Cc1ccc(C(=O)N2CCN(c3cccnn3)CC2)c(C)c1CN1CCN(c2ccccc2C#N)CC1. The standard InChI is InChI=1S/C29H33N7O/c1-22-9-10-25(29(37)36-18-16-35(17-19-36)28-8-5-11-31-32-28)23(2)26(22)21-33-12-14-34(15-13-33)27-7-4-3-6-24(27)20-30/h3-11H,12-19,21H2,1-2H3. The molecule has 2 aromatic carbocycles. The first-order valence-electron chi connectivity index (χ1n) is 12.9. The molecule has 0 bridgehead atoms. The van der Waals surface area contributed by atoms with Gasteiger partial charge in [0.25, 0.3) is 5.91 Å². The fourth-order valence-electron chi connectivity index (χ4n) is 5.35. The van der Waals surface area contributed by atoms with Crippen LogP contribution in [0, 0.1) is 25.2 Å². The number of nitrogens with zero attached hydrogens (tertiary/aromatic N) is 7. The number of benzene rings is 2. The molecule has 8 heteroatoms. The van der Waals surface area contributed by atoms with Crippen molar-refractivity contribution in [3.63, 3.8) is 0 Å². The van der Waals surface area contributed by atoms with Crippen molar-refractivity contribution >= 4 is 17.4 Å². The van der Waals surface area contributed by atoms with Gasteiger partial charge in [-0.1, -0.05) is 18.2 Å². The normalized spacial score (nSPS) is 16.5. The number of aromatic nitrogens is 2. The van der Waals surface area contributed by atoms with Crippen molar-refractivity contribution in [2.24, 2.45) is 0 Å². The molecule has 0 radical (unpaired) electrons. The van der Waals surface area contributed by atoms with Gasteiger partial charge in [-0.3, -0.25) is 9.69 Å². The molecule has 2 aliphatic heterocycles. The summed E-state index contributed by atoms with van der Waals surface area (Å²) in [5.41, 5.74) is 6.10. The van der Waals surface area contributed by atoms with E-state index in [1.54, 1.807) is 6.20 Å². The Morgan fingerprint density at radius 3 is 2.32 bits per heavy atom. The molecule has 0 unspecified atom stereocenters. The van der Waals surface area contributed by atoms with E-state index in [1.807, 2.05) is 47.4 Å². The number of anilines is 2. The molecule has 0 aliphatic carbocycles. The highest BCUT2D eigenvalue weighted by atomic mass is 16.2. The number of carbonyl (C=O) groups is 1. The van der Waals surface area contributed by atoms with E-state index in [2.05, 4.69) is 50.9 Å². The van der Waals surface area contributed by atoms with Gasteiger partial charge in [0.2, 0.25) is 0 Å². The third-order valence-corrected chi connectivity index (χ3v) is 7.63. The Morgan fingerprint density at radius 2 is 1.62 bits per heavy atom. The zero-order valence-corrected chi connectivity index (χ0v) is 21.6. The number of nitriles is 1. The van der Waals surface area contributed by atoms with E-state index in [0.29, 0.717) is 13.1 Å². The van der Waals surface area contributed by atoms with Crippen molar-refractivity contribution < 1.29 is 4.79 Å². The van der Waals surface area contributed by atoms with Gasteiger partial charge in [0.1, 0.15) is 6.07 Å². The first-order valence-corrected chi connectivity index (χ1v) is 12.9. The molecule has 2 fully saturated rings. The van der Waals surface area contributed by atoms with Gasteiger partial charge in [-0.15, -0.1) is 5.10 Å². The molecule has 2 aliphatic rings. The van der Waals surface area contributed by atoms with Gasteiger partial charge in [0, 0.05) is 70.7 Å². The van der Waals surface area contributed by atoms with E-state index in [1.165, 1.54) is 11.1 Å². The van der Waals surface area contributed by atoms with E-state index >= 15 is 0 Å². The average molecular weight is 496 g/mol. The molecule has 1 amide bonds. The largest absolute Gasteiger partial charge is 0.368 e. The van der Waals surface area contributed by atoms with Gasteiger partial charge in [-0.2, -0.15) is 10.4 Å². The molecule has 2 saturated heterocycles. The summed E-state index contributed by atoms with van der Waals surface area (Å²) >= 11 is 0. The molecule has 1 aromatic heterocycles. The molecule has 0 saturated carbocycles. The zero-order valence-electron chi connectivity index (χ0n) is 21.6. The lowest BCUT2D eigenvalue weighted by molar-refractivity contribution is 0.0745. The molecule has 37 heavy (non-hydrogen) atoms. The summed E-state index contributed by atoms with van der Waals surface area (Å²) in [6, 6.07) is 18.1. The maximum absolute atomic E-state index is 13.5. The van der Waals surface area contributed by atoms with E-state index in [9.17, 15) is 10.1 Å². The molecule has 0 atom stereocenters. The Balaban J connectivity index is 1.23. The van der Waals surface area contributed by atoms with Gasteiger partial charge in [-0.05, 0) is 60.9 Å². The van der Waals surface area contributed by atoms with Gasteiger partial charge in [-0.25, -0.2) is 0 Å². The van der Waals surface area contributed by atoms with Crippen LogP contribution in [0.1, 0.15) is 32.6 Å². The molecule has 0 N–H and O–H groups in total. The number of carbonyl (C=O) groups excluding carboxylic acids is 1. The Kier molecular flexibility index (Phi) is 7.33. The Morgan fingerprint density at radius 1 is 0.892 bits per heavy atom. The van der Waals surface area contributed by atoms with Crippen molar-refractivity contribution in [2.45, 2.75) is 20.4 Å². The monoisotopic (exact) mass is 495 g/mol. The lowest BCUT2D eigenvalue weighted by atomic mass is 9.96. The van der Waals surface area contributed by atoms with Crippen LogP contribution in [-0.4, -0.2) is 78.3 Å². The smallest absolute Gasteiger partial charge is 0.254 e. The summed E-state index contributed by atoms with van der Waals surface area (Å²) < 4.78 is 0. The van der Waals surface area contributed by atoms with Crippen molar-refractivity contribution in [3.05, 3.63) is 82.5 Å². The summed E-state index contributed by atoms with van der Waals surface area (Å²) in [4.78, 5) is 22.4. The highest BCUT2D eigenvalue weighted by Crippen LogP contribution is 2.25.